The van der Waals surface area contributed by atoms with Crippen molar-refractivity contribution in [3.8, 4) is 6.07 Å². The molecule has 0 aliphatic carbocycles. The van der Waals surface area contributed by atoms with E-state index in [1.54, 1.807) is 0 Å². The largest absolute Gasteiger partial charge is 0.299 e. The van der Waals surface area contributed by atoms with Crippen LogP contribution >= 0.6 is 0 Å². The molecule has 0 spiro atoms. The van der Waals surface area contributed by atoms with Gasteiger partial charge in [-0.2, -0.15) is 10.4 Å². The second kappa shape index (κ2) is 6.41. The van der Waals surface area contributed by atoms with Gasteiger partial charge in [-0.25, -0.2) is 0 Å². The summed E-state index contributed by atoms with van der Waals surface area (Å²) in [5.41, 5.74) is 0. The number of aromatic nitrogens is 2. The Hall–Kier alpha value is -1.34. The molecule has 0 radical (unpaired) electrons. The fraction of sp³-hybridized carbons (Fsp3) is 0.692. The fourth-order valence-corrected chi connectivity index (χ4v) is 2.55. The average Bonchev–Trinajstić information content (AvgIpc) is 2.84. The van der Waals surface area contributed by atoms with Crippen molar-refractivity contribution in [3.05, 3.63) is 18.5 Å². The maximum absolute atomic E-state index is 8.59. The van der Waals surface area contributed by atoms with Crippen LogP contribution in [0, 0.1) is 11.3 Å². The van der Waals surface area contributed by atoms with Gasteiger partial charge in [-0.15, -0.1) is 0 Å². The van der Waals surface area contributed by atoms with Gasteiger partial charge in [0.05, 0.1) is 12.6 Å². The summed E-state index contributed by atoms with van der Waals surface area (Å²) >= 11 is 0. The highest BCUT2D eigenvalue weighted by Crippen LogP contribution is 2.18. The van der Waals surface area contributed by atoms with Crippen molar-refractivity contribution >= 4 is 0 Å². The van der Waals surface area contributed by atoms with E-state index in [1.165, 1.54) is 25.8 Å². The molecular weight excluding hydrogens is 212 g/mol. The molecule has 4 nitrogen and oxygen atoms in total. The number of nitriles is 1. The Kier molecular flexibility index (Phi) is 4.57. The second-order valence-corrected chi connectivity index (χ2v) is 4.68. The summed E-state index contributed by atoms with van der Waals surface area (Å²) in [6, 6.07) is 4.80. The highest BCUT2D eigenvalue weighted by molar-refractivity contribution is 4.83. The van der Waals surface area contributed by atoms with Crippen molar-refractivity contribution in [2.24, 2.45) is 0 Å². The SMILES string of the molecule is N#CCCCN1CCCC[C@@H]1Cn1cccn1. The van der Waals surface area contributed by atoms with Gasteiger partial charge in [-0.1, -0.05) is 6.42 Å². The molecule has 2 heterocycles. The number of piperidine rings is 1. The highest BCUT2D eigenvalue weighted by atomic mass is 15.3. The smallest absolute Gasteiger partial charge is 0.0622 e. The molecule has 1 saturated heterocycles. The zero-order valence-electron chi connectivity index (χ0n) is 10.3. The lowest BCUT2D eigenvalue weighted by Crippen LogP contribution is -2.42. The zero-order chi connectivity index (χ0) is 11.9. The molecule has 0 saturated carbocycles. The van der Waals surface area contributed by atoms with Crippen LogP contribution in [0.25, 0.3) is 0 Å². The lowest BCUT2D eigenvalue weighted by Gasteiger charge is -2.35. The number of rotatable bonds is 5. The minimum Gasteiger partial charge on any atom is -0.299 e. The number of hydrogen-bond acceptors (Lipinski definition) is 3. The van der Waals surface area contributed by atoms with Crippen LogP contribution in [0.15, 0.2) is 18.5 Å². The number of likely N-dealkylation sites (tertiary alicyclic amines) is 1. The molecule has 1 aromatic heterocycles. The van der Waals surface area contributed by atoms with Crippen LogP contribution in [0.1, 0.15) is 32.1 Å². The molecular formula is C13H20N4. The van der Waals surface area contributed by atoms with Crippen molar-refractivity contribution < 1.29 is 0 Å². The van der Waals surface area contributed by atoms with E-state index in [1.807, 2.05) is 23.1 Å². The first kappa shape index (κ1) is 12.1. The maximum Gasteiger partial charge on any atom is 0.0622 e. The van der Waals surface area contributed by atoms with E-state index in [0.29, 0.717) is 12.5 Å². The monoisotopic (exact) mass is 232 g/mol. The molecule has 1 aliphatic heterocycles. The maximum atomic E-state index is 8.59. The highest BCUT2D eigenvalue weighted by Gasteiger charge is 2.22. The first-order valence-electron chi connectivity index (χ1n) is 6.48. The standard InChI is InChI=1S/C13H20N4/c14-7-2-4-10-16-9-3-1-6-13(16)12-17-11-5-8-15-17/h5,8,11,13H,1-4,6,9-10,12H2/t13-/m1/s1. The average molecular weight is 232 g/mol. The minimum absolute atomic E-state index is 0.599. The summed E-state index contributed by atoms with van der Waals surface area (Å²) in [4.78, 5) is 2.53. The Balaban J connectivity index is 1.86. The lowest BCUT2D eigenvalue weighted by atomic mass is 10.0. The number of hydrogen-bond donors (Lipinski definition) is 0. The third-order valence-electron chi connectivity index (χ3n) is 3.44. The molecule has 92 valence electrons. The van der Waals surface area contributed by atoms with Crippen LogP contribution in [0.2, 0.25) is 0 Å². The molecule has 1 aliphatic rings. The first-order chi connectivity index (χ1) is 8.40. The minimum atomic E-state index is 0.599. The van der Waals surface area contributed by atoms with Crippen LogP contribution in [-0.4, -0.2) is 33.8 Å². The summed E-state index contributed by atoms with van der Waals surface area (Å²) in [7, 11) is 0. The third kappa shape index (κ3) is 3.57. The molecule has 4 heteroatoms. The van der Waals surface area contributed by atoms with E-state index in [9.17, 15) is 0 Å². The van der Waals surface area contributed by atoms with E-state index in [-0.39, 0.29) is 0 Å². The summed E-state index contributed by atoms with van der Waals surface area (Å²) in [6.07, 6.45) is 9.40. The molecule has 0 unspecified atom stereocenters. The molecule has 0 N–H and O–H groups in total. The third-order valence-corrected chi connectivity index (χ3v) is 3.44. The van der Waals surface area contributed by atoms with Gasteiger partial charge in [0.25, 0.3) is 0 Å². The molecule has 0 aromatic carbocycles. The van der Waals surface area contributed by atoms with Gasteiger partial charge in [-0.3, -0.25) is 9.58 Å². The summed E-state index contributed by atoms with van der Waals surface area (Å²) < 4.78 is 2.02. The summed E-state index contributed by atoms with van der Waals surface area (Å²) in [6.45, 7) is 3.22. The lowest BCUT2D eigenvalue weighted by molar-refractivity contribution is 0.128. The van der Waals surface area contributed by atoms with Gasteiger partial charge >= 0.3 is 0 Å². The van der Waals surface area contributed by atoms with Crippen molar-refractivity contribution in [3.63, 3.8) is 0 Å². The van der Waals surface area contributed by atoms with Gasteiger partial charge in [0.1, 0.15) is 0 Å². The van der Waals surface area contributed by atoms with E-state index >= 15 is 0 Å². The topological polar surface area (TPSA) is 44.9 Å². The Bertz CT molecular complexity index is 352. The number of unbranched alkanes of at least 4 members (excludes halogenated alkanes) is 1. The van der Waals surface area contributed by atoms with Gasteiger partial charge in [0.15, 0.2) is 0 Å². The normalized spacial score (nSPS) is 21.2. The predicted molar refractivity (Wildman–Crippen MR) is 66.3 cm³/mol. The van der Waals surface area contributed by atoms with Gasteiger partial charge < -0.3 is 0 Å². The van der Waals surface area contributed by atoms with Gasteiger partial charge in [-0.05, 0) is 38.4 Å². The van der Waals surface area contributed by atoms with Gasteiger partial charge in [0.2, 0.25) is 0 Å². The van der Waals surface area contributed by atoms with Gasteiger partial charge in [0, 0.05) is 24.9 Å². The number of nitrogens with zero attached hydrogens (tertiary/aromatic N) is 4. The molecule has 1 aromatic rings. The Morgan fingerprint density at radius 2 is 2.35 bits per heavy atom. The molecule has 0 amide bonds. The molecule has 2 rings (SSSR count). The first-order valence-corrected chi connectivity index (χ1v) is 6.48. The van der Waals surface area contributed by atoms with E-state index in [2.05, 4.69) is 16.1 Å². The molecule has 0 bridgehead atoms. The predicted octanol–water partition coefficient (Wildman–Crippen LogP) is 2.04. The summed E-state index contributed by atoms with van der Waals surface area (Å²) in [5, 5.41) is 12.9. The summed E-state index contributed by atoms with van der Waals surface area (Å²) in [5.74, 6) is 0. The van der Waals surface area contributed by atoms with Crippen LogP contribution in [0.4, 0.5) is 0 Å². The Morgan fingerprint density at radius 3 is 3.12 bits per heavy atom. The van der Waals surface area contributed by atoms with E-state index in [0.717, 1.165) is 19.5 Å². The van der Waals surface area contributed by atoms with Crippen molar-refractivity contribution in [2.75, 3.05) is 13.1 Å². The quantitative estimate of drug-likeness (QED) is 0.730. The fourth-order valence-electron chi connectivity index (χ4n) is 2.55. The van der Waals surface area contributed by atoms with Crippen LogP contribution in [0.3, 0.4) is 0 Å². The van der Waals surface area contributed by atoms with E-state index < -0.39 is 0 Å². The molecule has 17 heavy (non-hydrogen) atoms. The zero-order valence-corrected chi connectivity index (χ0v) is 10.3. The van der Waals surface area contributed by atoms with Crippen LogP contribution in [0.5, 0.6) is 0 Å². The molecule has 1 atom stereocenters. The van der Waals surface area contributed by atoms with Crippen molar-refractivity contribution in [1.82, 2.24) is 14.7 Å². The van der Waals surface area contributed by atoms with E-state index in [4.69, 9.17) is 5.26 Å². The Morgan fingerprint density at radius 1 is 1.41 bits per heavy atom. The van der Waals surface area contributed by atoms with Crippen molar-refractivity contribution in [2.45, 2.75) is 44.7 Å². The van der Waals surface area contributed by atoms with Crippen molar-refractivity contribution in [1.29, 1.82) is 5.26 Å². The molecule has 1 fully saturated rings. The van der Waals surface area contributed by atoms with Crippen LogP contribution < -0.4 is 0 Å². The second-order valence-electron chi connectivity index (χ2n) is 4.68. The van der Waals surface area contributed by atoms with Crippen LogP contribution in [-0.2, 0) is 6.54 Å². The Labute approximate surface area is 103 Å².